The summed E-state index contributed by atoms with van der Waals surface area (Å²) in [5.41, 5.74) is 2.67. The summed E-state index contributed by atoms with van der Waals surface area (Å²) in [6, 6.07) is 21.5. The summed E-state index contributed by atoms with van der Waals surface area (Å²) in [7, 11) is 0. The molecule has 1 aliphatic heterocycles. The average molecular weight is 386 g/mol. The molecule has 0 bridgehead atoms. The fourth-order valence-corrected chi connectivity index (χ4v) is 3.51. The van der Waals surface area contributed by atoms with E-state index in [4.69, 9.17) is 4.99 Å². The summed E-state index contributed by atoms with van der Waals surface area (Å²) in [6.45, 7) is 2.77. The van der Waals surface area contributed by atoms with Crippen molar-refractivity contribution in [3.63, 3.8) is 0 Å². The maximum atomic E-state index is 4.78. The van der Waals surface area contributed by atoms with Crippen molar-refractivity contribution >= 4 is 18.4 Å². The van der Waals surface area contributed by atoms with Crippen LogP contribution in [-0.2, 0) is 0 Å². The molecular weight excluding hydrogens is 354 g/mol. The van der Waals surface area contributed by atoms with Gasteiger partial charge in [-0.25, -0.2) is 0 Å². The standard InChI is InChI=1S/C23H31N3.ClH/c1-2-4-12-18-25-23(24-17-11-3-1)26-19-22(20-13-7-5-8-14-20)21-15-9-6-10-16-21;/h5-10,13-16,22H,1-4,11-12,17-19H2,(H2,24,25,26);1H. The van der Waals surface area contributed by atoms with Crippen LogP contribution in [0.2, 0.25) is 0 Å². The summed E-state index contributed by atoms with van der Waals surface area (Å²) in [5, 5.41) is 7.11. The van der Waals surface area contributed by atoms with E-state index in [0.717, 1.165) is 25.6 Å². The molecule has 0 unspecified atom stereocenters. The van der Waals surface area contributed by atoms with Crippen LogP contribution in [0.15, 0.2) is 65.7 Å². The lowest BCUT2D eigenvalue weighted by molar-refractivity contribution is 0.599. The molecule has 3 nitrogen and oxygen atoms in total. The molecule has 0 aliphatic carbocycles. The van der Waals surface area contributed by atoms with Gasteiger partial charge in [-0.15, -0.1) is 12.4 Å². The molecule has 0 fully saturated rings. The van der Waals surface area contributed by atoms with Gasteiger partial charge in [-0.2, -0.15) is 0 Å². The second kappa shape index (κ2) is 12.4. The van der Waals surface area contributed by atoms with Gasteiger partial charge in [-0.1, -0.05) is 86.3 Å². The van der Waals surface area contributed by atoms with Crippen molar-refractivity contribution in [2.75, 3.05) is 19.6 Å². The third kappa shape index (κ3) is 7.26. The van der Waals surface area contributed by atoms with Crippen molar-refractivity contribution in [3.05, 3.63) is 71.8 Å². The van der Waals surface area contributed by atoms with Crippen LogP contribution in [0, 0.1) is 0 Å². The lowest BCUT2D eigenvalue weighted by atomic mass is 9.91. The Labute approximate surface area is 170 Å². The van der Waals surface area contributed by atoms with Crippen LogP contribution in [0.1, 0.15) is 55.6 Å². The minimum atomic E-state index is 0. The fourth-order valence-electron chi connectivity index (χ4n) is 3.51. The number of halogens is 1. The van der Waals surface area contributed by atoms with Crippen LogP contribution in [0.3, 0.4) is 0 Å². The van der Waals surface area contributed by atoms with Crippen molar-refractivity contribution in [3.8, 4) is 0 Å². The van der Waals surface area contributed by atoms with E-state index in [1.165, 1.54) is 49.7 Å². The van der Waals surface area contributed by atoms with E-state index in [-0.39, 0.29) is 12.4 Å². The SMILES string of the molecule is Cl.c1ccc(C(CN/C2=N/CCCCCCCCN2)c2ccccc2)cc1. The van der Waals surface area contributed by atoms with E-state index < -0.39 is 0 Å². The normalized spacial score (nSPS) is 17.6. The zero-order valence-electron chi connectivity index (χ0n) is 16.1. The number of benzene rings is 2. The summed E-state index contributed by atoms with van der Waals surface area (Å²) >= 11 is 0. The molecule has 0 amide bonds. The highest BCUT2D eigenvalue weighted by molar-refractivity contribution is 5.85. The molecule has 2 aromatic carbocycles. The molecular formula is C23H32ClN3. The van der Waals surface area contributed by atoms with Gasteiger partial charge < -0.3 is 10.6 Å². The van der Waals surface area contributed by atoms with Crippen LogP contribution in [0.5, 0.6) is 0 Å². The zero-order valence-corrected chi connectivity index (χ0v) is 16.9. The Morgan fingerprint density at radius 2 is 1.33 bits per heavy atom. The average Bonchev–Trinajstić information content (AvgIpc) is 2.76. The van der Waals surface area contributed by atoms with Crippen LogP contribution in [0.4, 0.5) is 0 Å². The number of hydrogen-bond donors (Lipinski definition) is 2. The smallest absolute Gasteiger partial charge is 0.191 e. The van der Waals surface area contributed by atoms with Gasteiger partial charge in [-0.3, -0.25) is 4.99 Å². The van der Waals surface area contributed by atoms with Gasteiger partial charge in [0.1, 0.15) is 0 Å². The van der Waals surface area contributed by atoms with Gasteiger partial charge in [0, 0.05) is 25.6 Å². The molecule has 0 atom stereocenters. The number of aliphatic imine (C=N–C) groups is 1. The van der Waals surface area contributed by atoms with Crippen molar-refractivity contribution < 1.29 is 0 Å². The molecule has 27 heavy (non-hydrogen) atoms. The molecule has 0 spiro atoms. The number of rotatable bonds is 4. The summed E-state index contributed by atoms with van der Waals surface area (Å²) in [5.74, 6) is 1.28. The first-order valence-corrected chi connectivity index (χ1v) is 10.1. The minimum Gasteiger partial charge on any atom is -0.356 e. The summed E-state index contributed by atoms with van der Waals surface area (Å²) in [6.07, 6.45) is 7.73. The topological polar surface area (TPSA) is 36.4 Å². The maximum Gasteiger partial charge on any atom is 0.191 e. The second-order valence-electron chi connectivity index (χ2n) is 7.03. The van der Waals surface area contributed by atoms with Crippen LogP contribution < -0.4 is 10.6 Å². The Balaban J connectivity index is 0.00000261. The van der Waals surface area contributed by atoms with Crippen LogP contribution >= 0.6 is 12.4 Å². The number of nitrogens with one attached hydrogen (secondary N) is 2. The predicted molar refractivity (Wildman–Crippen MR) is 118 cm³/mol. The zero-order chi connectivity index (χ0) is 17.9. The molecule has 4 heteroatoms. The first-order chi connectivity index (χ1) is 12.9. The van der Waals surface area contributed by atoms with Crippen LogP contribution in [-0.4, -0.2) is 25.6 Å². The highest BCUT2D eigenvalue weighted by atomic mass is 35.5. The fraction of sp³-hybridized carbons (Fsp3) is 0.435. The van der Waals surface area contributed by atoms with Crippen molar-refractivity contribution in [2.45, 2.75) is 44.4 Å². The molecule has 2 N–H and O–H groups in total. The molecule has 0 radical (unpaired) electrons. The van der Waals surface area contributed by atoms with Gasteiger partial charge in [0.05, 0.1) is 0 Å². The van der Waals surface area contributed by atoms with Crippen molar-refractivity contribution in [1.29, 1.82) is 0 Å². The van der Waals surface area contributed by atoms with Crippen molar-refractivity contribution in [1.82, 2.24) is 10.6 Å². The van der Waals surface area contributed by atoms with Gasteiger partial charge in [-0.05, 0) is 24.0 Å². The Hall–Kier alpha value is -2.00. The van der Waals surface area contributed by atoms with E-state index in [2.05, 4.69) is 71.3 Å². The van der Waals surface area contributed by atoms with Gasteiger partial charge in [0.25, 0.3) is 0 Å². The third-order valence-electron chi connectivity index (χ3n) is 5.02. The predicted octanol–water partition coefficient (Wildman–Crippen LogP) is 5.13. The van der Waals surface area contributed by atoms with E-state index >= 15 is 0 Å². The number of guanidine groups is 1. The largest absolute Gasteiger partial charge is 0.356 e. The Morgan fingerprint density at radius 1 is 0.778 bits per heavy atom. The minimum absolute atomic E-state index is 0. The molecule has 146 valence electrons. The summed E-state index contributed by atoms with van der Waals surface area (Å²) < 4.78 is 0. The van der Waals surface area contributed by atoms with Gasteiger partial charge in [0.2, 0.25) is 0 Å². The quantitative estimate of drug-likeness (QED) is 0.765. The van der Waals surface area contributed by atoms with E-state index in [1.54, 1.807) is 0 Å². The number of hydrogen-bond acceptors (Lipinski definition) is 3. The molecule has 1 aliphatic rings. The molecule has 0 saturated carbocycles. The van der Waals surface area contributed by atoms with E-state index in [9.17, 15) is 0 Å². The van der Waals surface area contributed by atoms with Crippen LogP contribution in [0.25, 0.3) is 0 Å². The first kappa shape index (κ1) is 21.3. The highest BCUT2D eigenvalue weighted by Gasteiger charge is 2.14. The molecule has 3 rings (SSSR count). The highest BCUT2D eigenvalue weighted by Crippen LogP contribution is 2.23. The Kier molecular flexibility index (Phi) is 9.78. The molecule has 0 aromatic heterocycles. The first-order valence-electron chi connectivity index (χ1n) is 10.1. The maximum absolute atomic E-state index is 4.78. The lowest BCUT2D eigenvalue weighted by Crippen LogP contribution is -2.40. The number of nitrogens with zero attached hydrogens (tertiary/aromatic N) is 1. The van der Waals surface area contributed by atoms with Crippen molar-refractivity contribution in [2.24, 2.45) is 4.99 Å². The lowest BCUT2D eigenvalue weighted by Gasteiger charge is -2.21. The monoisotopic (exact) mass is 385 g/mol. The molecule has 0 saturated heterocycles. The Morgan fingerprint density at radius 3 is 1.96 bits per heavy atom. The van der Waals surface area contributed by atoms with Gasteiger partial charge in [0.15, 0.2) is 5.96 Å². The van der Waals surface area contributed by atoms with Gasteiger partial charge >= 0.3 is 0 Å². The van der Waals surface area contributed by atoms with E-state index in [1.807, 2.05) is 0 Å². The summed E-state index contributed by atoms with van der Waals surface area (Å²) in [4.78, 5) is 4.78. The molecule has 2 aromatic rings. The molecule has 1 heterocycles. The Bertz CT molecular complexity index is 618. The second-order valence-corrected chi connectivity index (χ2v) is 7.03. The third-order valence-corrected chi connectivity index (χ3v) is 5.02. The van der Waals surface area contributed by atoms with E-state index in [0.29, 0.717) is 5.92 Å².